The van der Waals surface area contributed by atoms with Crippen molar-refractivity contribution in [1.29, 1.82) is 0 Å². The van der Waals surface area contributed by atoms with Gasteiger partial charge >= 0.3 is 0 Å². The minimum Gasteiger partial charge on any atom is -0.0694 e. The summed E-state index contributed by atoms with van der Waals surface area (Å²) in [7, 11) is -1.08. The molecule has 2 heteroatoms. The van der Waals surface area contributed by atoms with Crippen LogP contribution in [-0.4, -0.2) is 16.1 Å². The highest BCUT2D eigenvalue weighted by atomic mass is 28.4. The summed E-state index contributed by atoms with van der Waals surface area (Å²) in [5, 5.41) is 1.34. The van der Waals surface area contributed by atoms with E-state index in [-0.39, 0.29) is 0 Å². The van der Waals surface area contributed by atoms with Gasteiger partial charge in [-0.1, -0.05) is 32.2 Å². The lowest BCUT2D eigenvalue weighted by Crippen LogP contribution is -2.33. The third kappa shape index (κ3) is 0.540. The predicted molar refractivity (Wildman–Crippen MR) is 47.3 cm³/mol. The van der Waals surface area contributed by atoms with Crippen LogP contribution in [0.2, 0.25) is 42.9 Å². The summed E-state index contributed by atoms with van der Waals surface area (Å²) < 4.78 is 0. The normalized spacial score (nSPS) is 49.3. The van der Waals surface area contributed by atoms with Crippen LogP contribution in [0.1, 0.15) is 0 Å². The van der Waals surface area contributed by atoms with E-state index in [0.717, 1.165) is 0 Å². The van der Waals surface area contributed by atoms with Crippen molar-refractivity contribution in [3.8, 4) is 0 Å². The van der Waals surface area contributed by atoms with Crippen LogP contribution >= 0.6 is 0 Å². The summed E-state index contributed by atoms with van der Waals surface area (Å²) in [6, 6.07) is 1.68. The highest BCUT2D eigenvalue weighted by Gasteiger charge is 2.73. The molecule has 0 aliphatic carbocycles. The molecule has 2 rings (SSSR count). The fraction of sp³-hybridized carbons (Fsp3) is 1.00. The van der Waals surface area contributed by atoms with Gasteiger partial charge in [0, 0.05) is 8.07 Å². The fourth-order valence-corrected chi connectivity index (χ4v) is 23.5. The Hall–Kier alpha value is 0.434. The first-order chi connectivity index (χ1) is 3.96. The van der Waals surface area contributed by atoms with Crippen molar-refractivity contribution in [2.24, 2.45) is 0 Å². The van der Waals surface area contributed by atoms with E-state index >= 15 is 0 Å². The largest absolute Gasteiger partial charge is 0.0694 e. The van der Waals surface area contributed by atoms with Gasteiger partial charge in [0.2, 0.25) is 0 Å². The molecule has 0 bridgehead atoms. The molecule has 0 spiro atoms. The molecule has 0 aromatic carbocycles. The van der Waals surface area contributed by atoms with Gasteiger partial charge < -0.3 is 0 Å². The van der Waals surface area contributed by atoms with E-state index in [2.05, 4.69) is 26.2 Å². The van der Waals surface area contributed by atoms with Crippen LogP contribution in [0.3, 0.4) is 0 Å². The number of hydrogen-bond acceptors (Lipinski definition) is 0. The Labute approximate surface area is 59.7 Å². The molecule has 2 atom stereocenters. The van der Waals surface area contributed by atoms with Gasteiger partial charge in [-0.25, -0.2) is 0 Å². The molecular weight excluding hydrogens is 140 g/mol. The van der Waals surface area contributed by atoms with Crippen molar-refractivity contribution in [3.63, 3.8) is 0 Å². The van der Waals surface area contributed by atoms with Crippen molar-refractivity contribution < 1.29 is 0 Å². The topological polar surface area (TPSA) is 0 Å². The molecule has 0 radical (unpaired) electrons. The maximum atomic E-state index is 2.59. The molecule has 0 aromatic heterocycles. The third-order valence-corrected chi connectivity index (χ3v) is 16.6. The lowest BCUT2D eigenvalue weighted by Gasteiger charge is -2.31. The molecule has 0 amide bonds. The van der Waals surface area contributed by atoms with Gasteiger partial charge in [-0.05, 0) is 10.7 Å². The van der Waals surface area contributed by atoms with E-state index in [4.69, 9.17) is 0 Å². The van der Waals surface area contributed by atoms with Crippen LogP contribution in [0.15, 0.2) is 0 Å². The monoisotopic (exact) mass is 156 g/mol. The molecule has 9 heavy (non-hydrogen) atoms. The van der Waals surface area contributed by atoms with E-state index in [1.54, 1.807) is 6.04 Å². The summed E-state index contributed by atoms with van der Waals surface area (Å²) in [5.74, 6) is 0. The van der Waals surface area contributed by atoms with Gasteiger partial charge in [0.05, 0.1) is 8.07 Å². The molecule has 0 N–H and O–H groups in total. The van der Waals surface area contributed by atoms with Crippen molar-refractivity contribution in [2.75, 3.05) is 0 Å². The SMILES string of the molecule is C[Si]1(C)CC2C1[Si]2(C)C. The van der Waals surface area contributed by atoms with Gasteiger partial charge in [-0.2, -0.15) is 0 Å². The standard InChI is InChI=1S/C7H16Si2/c1-8(2)5-6-7(8)9(6,3)4/h6-7H,5H2,1-4H3. The van der Waals surface area contributed by atoms with E-state index < -0.39 is 16.1 Å². The summed E-state index contributed by atoms with van der Waals surface area (Å²) in [5.41, 5.74) is 1.29. The molecule has 52 valence electrons. The quantitative estimate of drug-likeness (QED) is 0.473. The zero-order chi connectivity index (χ0) is 6.86. The first kappa shape index (κ1) is 6.16. The molecule has 0 aromatic rings. The third-order valence-electron chi connectivity index (χ3n) is 3.64. The van der Waals surface area contributed by atoms with Crippen molar-refractivity contribution in [2.45, 2.75) is 42.9 Å². The Balaban J connectivity index is 2.18. The molecule has 2 aliphatic heterocycles. The van der Waals surface area contributed by atoms with Crippen LogP contribution in [0, 0.1) is 0 Å². The van der Waals surface area contributed by atoms with Gasteiger partial charge in [-0.15, -0.1) is 0 Å². The minimum absolute atomic E-state index is 0.530. The summed E-state index contributed by atoms with van der Waals surface area (Å²) >= 11 is 0. The zero-order valence-corrected chi connectivity index (χ0v) is 8.86. The summed E-state index contributed by atoms with van der Waals surface area (Å²) in [6.45, 7) is 10.3. The Bertz CT molecular complexity index is 152. The lowest BCUT2D eigenvalue weighted by atomic mass is 10.5. The van der Waals surface area contributed by atoms with Crippen LogP contribution < -0.4 is 0 Å². The highest BCUT2D eigenvalue weighted by molar-refractivity contribution is 7.13. The number of rotatable bonds is 0. The maximum absolute atomic E-state index is 2.59. The van der Waals surface area contributed by atoms with E-state index in [1.807, 2.05) is 0 Å². The molecule has 2 saturated heterocycles. The fourth-order valence-electron chi connectivity index (χ4n) is 3.21. The maximum Gasteiger partial charge on any atom is 0.0503 e. The van der Waals surface area contributed by atoms with Crippen LogP contribution in [0.25, 0.3) is 0 Å². The summed E-state index contributed by atoms with van der Waals surface area (Å²) in [4.78, 5) is 0. The predicted octanol–water partition coefficient (Wildman–Crippen LogP) is 2.71. The second-order valence-electron chi connectivity index (χ2n) is 5.10. The van der Waals surface area contributed by atoms with Gasteiger partial charge in [0.1, 0.15) is 0 Å². The van der Waals surface area contributed by atoms with Gasteiger partial charge in [0.25, 0.3) is 0 Å². The smallest absolute Gasteiger partial charge is 0.0503 e. The molecule has 0 saturated carbocycles. The van der Waals surface area contributed by atoms with Gasteiger partial charge in [0.15, 0.2) is 0 Å². The average molecular weight is 156 g/mol. The van der Waals surface area contributed by atoms with Gasteiger partial charge in [-0.3, -0.25) is 0 Å². The molecule has 2 fully saturated rings. The number of hydrogen-bond donors (Lipinski definition) is 0. The van der Waals surface area contributed by atoms with E-state index in [1.165, 1.54) is 10.7 Å². The highest BCUT2D eigenvalue weighted by Crippen LogP contribution is 2.76. The number of fused-ring (bicyclic) bond motifs is 1. The zero-order valence-electron chi connectivity index (χ0n) is 6.86. The van der Waals surface area contributed by atoms with Crippen molar-refractivity contribution >= 4 is 16.1 Å². The Morgan fingerprint density at radius 3 is 1.67 bits per heavy atom. The Morgan fingerprint density at radius 1 is 1.11 bits per heavy atom. The van der Waals surface area contributed by atoms with Crippen LogP contribution in [-0.2, 0) is 0 Å². The lowest BCUT2D eigenvalue weighted by molar-refractivity contribution is 0.974. The van der Waals surface area contributed by atoms with Crippen molar-refractivity contribution in [3.05, 3.63) is 0 Å². The molecule has 2 aliphatic rings. The Kier molecular flexibility index (Phi) is 0.845. The van der Waals surface area contributed by atoms with Crippen molar-refractivity contribution in [1.82, 2.24) is 0 Å². The molecular formula is C7H16Si2. The van der Waals surface area contributed by atoms with E-state index in [0.29, 0.717) is 0 Å². The molecule has 2 heterocycles. The first-order valence-electron chi connectivity index (χ1n) is 3.96. The minimum atomic E-state index is -0.554. The van der Waals surface area contributed by atoms with Crippen LogP contribution in [0.4, 0.5) is 0 Å². The molecule has 0 nitrogen and oxygen atoms in total. The first-order valence-corrected chi connectivity index (χ1v) is 10.4. The second-order valence-corrected chi connectivity index (χ2v) is 15.7. The average Bonchev–Trinajstić information content (AvgIpc) is 2.02. The van der Waals surface area contributed by atoms with E-state index in [9.17, 15) is 0 Å². The second kappa shape index (κ2) is 1.23. The Morgan fingerprint density at radius 2 is 1.67 bits per heavy atom. The summed E-state index contributed by atoms with van der Waals surface area (Å²) in [6.07, 6.45) is 0. The molecule has 2 unspecified atom stereocenters. The van der Waals surface area contributed by atoms with Crippen LogP contribution in [0.5, 0.6) is 0 Å².